The highest BCUT2D eigenvalue weighted by molar-refractivity contribution is 7.89. The van der Waals surface area contributed by atoms with Gasteiger partial charge in [0.1, 0.15) is 5.82 Å². The quantitative estimate of drug-likeness (QED) is 0.839. The first kappa shape index (κ1) is 18.8. The van der Waals surface area contributed by atoms with Crippen LogP contribution in [0.3, 0.4) is 0 Å². The maximum absolute atomic E-state index is 13.1. The molecule has 0 spiro atoms. The number of halogens is 1. The molecule has 2 saturated heterocycles. The van der Waals surface area contributed by atoms with Crippen LogP contribution in [-0.4, -0.2) is 55.8 Å². The van der Waals surface area contributed by atoms with E-state index in [1.807, 2.05) is 4.90 Å². The summed E-state index contributed by atoms with van der Waals surface area (Å²) in [6.07, 6.45) is 3.46. The van der Waals surface area contributed by atoms with Crippen molar-refractivity contribution < 1.29 is 17.6 Å². The Hall–Kier alpha value is -1.51. The third-order valence-corrected chi connectivity index (χ3v) is 8.29. The minimum Gasteiger partial charge on any atom is -0.342 e. The highest BCUT2D eigenvalue weighted by atomic mass is 32.2. The third-order valence-electron chi connectivity index (χ3n) is 6.41. The van der Waals surface area contributed by atoms with E-state index < -0.39 is 15.8 Å². The van der Waals surface area contributed by atoms with Gasteiger partial charge in [-0.3, -0.25) is 4.79 Å². The number of amides is 1. The number of nitrogens with two attached hydrogens (primary N) is 1. The van der Waals surface area contributed by atoms with Crippen molar-refractivity contribution in [1.29, 1.82) is 0 Å². The Morgan fingerprint density at radius 3 is 2.52 bits per heavy atom. The molecule has 1 aliphatic carbocycles. The molecule has 148 valence electrons. The van der Waals surface area contributed by atoms with E-state index in [1.165, 1.54) is 16.4 Å². The monoisotopic (exact) mass is 395 g/mol. The lowest BCUT2D eigenvalue weighted by Gasteiger charge is -2.33. The Morgan fingerprint density at radius 2 is 1.81 bits per heavy atom. The first-order valence-electron chi connectivity index (χ1n) is 9.66. The van der Waals surface area contributed by atoms with Crippen molar-refractivity contribution >= 4 is 15.9 Å². The summed E-state index contributed by atoms with van der Waals surface area (Å²) in [7, 11) is -3.72. The van der Waals surface area contributed by atoms with Crippen LogP contribution in [0.1, 0.15) is 25.7 Å². The Balaban J connectivity index is 1.45. The Bertz CT molecular complexity index is 814. The van der Waals surface area contributed by atoms with Crippen molar-refractivity contribution in [3.63, 3.8) is 0 Å². The summed E-state index contributed by atoms with van der Waals surface area (Å²) in [5.41, 5.74) is 6.16. The van der Waals surface area contributed by atoms with Crippen LogP contribution in [0.5, 0.6) is 0 Å². The number of hydrogen-bond acceptors (Lipinski definition) is 4. The van der Waals surface area contributed by atoms with Gasteiger partial charge in [-0.1, -0.05) is 0 Å². The fourth-order valence-corrected chi connectivity index (χ4v) is 6.39. The van der Waals surface area contributed by atoms with Crippen molar-refractivity contribution in [3.05, 3.63) is 30.1 Å². The molecule has 2 aliphatic heterocycles. The maximum Gasteiger partial charge on any atom is 0.243 e. The summed E-state index contributed by atoms with van der Waals surface area (Å²) in [5.74, 6) is 0.140. The number of carbonyl (C=O) groups excluding carboxylic acids is 1. The van der Waals surface area contributed by atoms with Crippen molar-refractivity contribution in [2.24, 2.45) is 23.5 Å². The molecule has 8 heteroatoms. The van der Waals surface area contributed by atoms with Gasteiger partial charge >= 0.3 is 0 Å². The second-order valence-electron chi connectivity index (χ2n) is 8.06. The van der Waals surface area contributed by atoms with E-state index in [1.54, 1.807) is 0 Å². The fourth-order valence-electron chi connectivity index (χ4n) is 4.86. The average molecular weight is 396 g/mol. The first-order valence-corrected chi connectivity index (χ1v) is 11.1. The molecule has 4 rings (SSSR count). The lowest BCUT2D eigenvalue weighted by Crippen LogP contribution is -2.46. The Morgan fingerprint density at radius 1 is 1.07 bits per heavy atom. The van der Waals surface area contributed by atoms with E-state index in [0.29, 0.717) is 37.8 Å². The molecule has 1 aromatic rings. The number of fused-ring (bicyclic) bond motifs is 1. The number of nitrogens with zero attached hydrogens (tertiary/aromatic N) is 2. The van der Waals surface area contributed by atoms with Crippen LogP contribution < -0.4 is 5.73 Å². The molecule has 0 radical (unpaired) electrons. The second kappa shape index (κ2) is 7.14. The lowest BCUT2D eigenvalue weighted by molar-refractivity contribution is -0.135. The topological polar surface area (TPSA) is 83.7 Å². The number of rotatable bonds is 3. The van der Waals surface area contributed by atoms with E-state index in [4.69, 9.17) is 5.73 Å². The number of piperidine rings is 1. The normalized spacial score (nSPS) is 31.9. The van der Waals surface area contributed by atoms with Crippen molar-refractivity contribution in [2.75, 3.05) is 26.2 Å². The van der Waals surface area contributed by atoms with Gasteiger partial charge in [0.25, 0.3) is 0 Å². The van der Waals surface area contributed by atoms with Crippen LogP contribution in [0.15, 0.2) is 29.2 Å². The van der Waals surface area contributed by atoms with Gasteiger partial charge in [0, 0.05) is 32.2 Å². The smallest absolute Gasteiger partial charge is 0.243 e. The van der Waals surface area contributed by atoms with Crippen LogP contribution in [0, 0.1) is 23.6 Å². The molecule has 0 aromatic heterocycles. The molecule has 1 amide bonds. The van der Waals surface area contributed by atoms with E-state index >= 15 is 0 Å². The predicted molar refractivity (Wildman–Crippen MR) is 98.7 cm³/mol. The Kier molecular flexibility index (Phi) is 4.98. The number of likely N-dealkylation sites (tertiary alicyclic amines) is 1. The van der Waals surface area contributed by atoms with Crippen molar-refractivity contribution in [3.8, 4) is 0 Å². The van der Waals surface area contributed by atoms with Crippen LogP contribution in [0.2, 0.25) is 0 Å². The first-order chi connectivity index (χ1) is 12.9. The van der Waals surface area contributed by atoms with E-state index in [9.17, 15) is 17.6 Å². The predicted octanol–water partition coefficient (Wildman–Crippen LogP) is 1.42. The standard InChI is InChI=1S/C19H26FN3O3S/c20-15-4-6-16(7-5-15)27(25,26)23-9-1-2-14(11-23)19(24)22-10-13-3-8-18(21)17(13)12-22/h4-7,13-14,17-18H,1-3,8-12,21H2. The number of hydrogen-bond donors (Lipinski definition) is 1. The molecule has 4 atom stereocenters. The second-order valence-corrected chi connectivity index (χ2v) is 10.0. The van der Waals surface area contributed by atoms with Gasteiger partial charge in [-0.25, -0.2) is 12.8 Å². The maximum atomic E-state index is 13.1. The lowest BCUT2D eigenvalue weighted by atomic mass is 9.98. The van der Waals surface area contributed by atoms with E-state index in [2.05, 4.69) is 0 Å². The SMILES string of the molecule is NC1CCC2CN(C(=O)C3CCCN(S(=O)(=O)c4ccc(F)cc4)C3)CC12. The van der Waals surface area contributed by atoms with Gasteiger partial charge in [-0.05, 0) is 61.8 Å². The fraction of sp³-hybridized carbons (Fsp3) is 0.632. The van der Waals surface area contributed by atoms with Gasteiger partial charge in [0.05, 0.1) is 10.8 Å². The summed E-state index contributed by atoms with van der Waals surface area (Å²) in [5, 5.41) is 0. The minimum absolute atomic E-state index is 0.0515. The van der Waals surface area contributed by atoms with Crippen LogP contribution in [0.4, 0.5) is 4.39 Å². The van der Waals surface area contributed by atoms with Crippen LogP contribution in [-0.2, 0) is 14.8 Å². The third kappa shape index (κ3) is 3.50. The molecule has 2 N–H and O–H groups in total. The van der Waals surface area contributed by atoms with Crippen LogP contribution in [0.25, 0.3) is 0 Å². The number of sulfonamides is 1. The van der Waals surface area contributed by atoms with Crippen LogP contribution >= 0.6 is 0 Å². The van der Waals surface area contributed by atoms with Gasteiger partial charge in [0.2, 0.25) is 15.9 Å². The van der Waals surface area contributed by atoms with Crippen molar-refractivity contribution in [1.82, 2.24) is 9.21 Å². The van der Waals surface area contributed by atoms with Gasteiger partial charge in [0.15, 0.2) is 0 Å². The Labute approximate surface area is 159 Å². The van der Waals surface area contributed by atoms with E-state index in [0.717, 1.165) is 31.5 Å². The van der Waals surface area contributed by atoms with Gasteiger partial charge in [-0.15, -0.1) is 0 Å². The molecule has 1 aromatic carbocycles. The van der Waals surface area contributed by atoms with E-state index in [-0.39, 0.29) is 29.3 Å². The molecule has 4 unspecified atom stereocenters. The van der Waals surface area contributed by atoms with Gasteiger partial charge in [-0.2, -0.15) is 4.31 Å². The molecular formula is C19H26FN3O3S. The highest BCUT2D eigenvalue weighted by Gasteiger charge is 2.44. The summed E-state index contributed by atoms with van der Waals surface area (Å²) >= 11 is 0. The highest BCUT2D eigenvalue weighted by Crippen LogP contribution is 2.38. The molecular weight excluding hydrogens is 369 g/mol. The molecule has 3 aliphatic rings. The average Bonchev–Trinajstić information content (AvgIpc) is 3.24. The minimum atomic E-state index is -3.72. The zero-order valence-electron chi connectivity index (χ0n) is 15.3. The number of benzene rings is 1. The summed E-state index contributed by atoms with van der Waals surface area (Å²) < 4.78 is 40.2. The van der Waals surface area contributed by atoms with Crippen molar-refractivity contribution in [2.45, 2.75) is 36.6 Å². The zero-order chi connectivity index (χ0) is 19.2. The number of carbonyl (C=O) groups is 1. The molecule has 3 fully saturated rings. The molecule has 27 heavy (non-hydrogen) atoms. The zero-order valence-corrected chi connectivity index (χ0v) is 16.1. The molecule has 0 bridgehead atoms. The molecule has 2 heterocycles. The summed E-state index contributed by atoms with van der Waals surface area (Å²) in [4.78, 5) is 15.0. The van der Waals surface area contributed by atoms with Gasteiger partial charge < -0.3 is 10.6 Å². The molecule has 6 nitrogen and oxygen atoms in total. The summed E-state index contributed by atoms with van der Waals surface area (Å²) in [6, 6.07) is 5.02. The largest absolute Gasteiger partial charge is 0.342 e. The molecule has 1 saturated carbocycles. The summed E-state index contributed by atoms with van der Waals surface area (Å²) in [6.45, 7) is 2.03.